The molecule has 19 heavy (non-hydrogen) atoms. The van der Waals surface area contributed by atoms with Gasteiger partial charge in [0.05, 0.1) is 5.69 Å². The maximum atomic E-state index is 12.1. The fraction of sp³-hybridized carbons (Fsp3) is 0.733. The number of hydrogen-bond acceptors (Lipinski definition) is 2. The Morgan fingerprint density at radius 3 is 2.53 bits per heavy atom. The Morgan fingerprint density at radius 2 is 2.05 bits per heavy atom. The molecule has 4 heteroatoms. The Morgan fingerprint density at radius 1 is 1.37 bits per heavy atom. The van der Waals surface area contributed by atoms with E-state index < -0.39 is 0 Å². The quantitative estimate of drug-likeness (QED) is 0.824. The summed E-state index contributed by atoms with van der Waals surface area (Å²) in [5, 5.41) is 7.43. The van der Waals surface area contributed by atoms with Crippen molar-refractivity contribution in [1.29, 1.82) is 0 Å². The van der Waals surface area contributed by atoms with Gasteiger partial charge >= 0.3 is 0 Å². The third-order valence-corrected chi connectivity index (χ3v) is 3.87. The molecular formula is C15H27N3O. The van der Waals surface area contributed by atoms with Gasteiger partial charge in [-0.3, -0.25) is 9.48 Å². The lowest BCUT2D eigenvalue weighted by molar-refractivity contribution is -0.125. The molecule has 108 valence electrons. The average Bonchev–Trinajstić information content (AvgIpc) is 2.62. The highest BCUT2D eigenvalue weighted by Gasteiger charge is 2.17. The standard InChI is InChI=1S/C15H27N3O/c1-6-8-9-13(7-2)15(19)16-10-14-11(3)17-18(5)12(14)4/h13H,6-10H2,1-5H3,(H,16,19)/t13-/m0/s1. The predicted molar refractivity (Wildman–Crippen MR) is 77.8 cm³/mol. The molecule has 1 atom stereocenters. The first-order valence-corrected chi connectivity index (χ1v) is 7.28. The van der Waals surface area contributed by atoms with Crippen LogP contribution in [0, 0.1) is 19.8 Å². The summed E-state index contributed by atoms with van der Waals surface area (Å²) in [5.41, 5.74) is 3.27. The first-order chi connectivity index (χ1) is 9.01. The molecule has 0 radical (unpaired) electrons. The summed E-state index contributed by atoms with van der Waals surface area (Å²) in [7, 11) is 1.93. The minimum atomic E-state index is 0.150. The van der Waals surface area contributed by atoms with Gasteiger partial charge in [0.15, 0.2) is 0 Å². The first kappa shape index (κ1) is 15.7. The van der Waals surface area contributed by atoms with E-state index >= 15 is 0 Å². The second-order valence-corrected chi connectivity index (χ2v) is 5.24. The number of nitrogens with one attached hydrogen (secondary N) is 1. The van der Waals surface area contributed by atoms with Crippen molar-refractivity contribution in [1.82, 2.24) is 15.1 Å². The van der Waals surface area contributed by atoms with Gasteiger partial charge < -0.3 is 5.32 Å². The topological polar surface area (TPSA) is 46.9 Å². The molecule has 1 heterocycles. The number of nitrogens with zero attached hydrogens (tertiary/aromatic N) is 2. The third-order valence-electron chi connectivity index (χ3n) is 3.87. The Hall–Kier alpha value is -1.32. The lowest BCUT2D eigenvalue weighted by Gasteiger charge is -2.14. The zero-order valence-electron chi connectivity index (χ0n) is 12.9. The lowest BCUT2D eigenvalue weighted by Crippen LogP contribution is -2.30. The maximum absolute atomic E-state index is 12.1. The molecule has 0 aliphatic heterocycles. The number of hydrogen-bond donors (Lipinski definition) is 1. The number of unbranched alkanes of at least 4 members (excludes halogenated alkanes) is 1. The summed E-state index contributed by atoms with van der Waals surface area (Å²) in [5.74, 6) is 0.329. The monoisotopic (exact) mass is 265 g/mol. The summed E-state index contributed by atoms with van der Waals surface area (Å²) < 4.78 is 1.87. The van der Waals surface area contributed by atoms with Gasteiger partial charge in [-0.25, -0.2) is 0 Å². The highest BCUT2D eigenvalue weighted by molar-refractivity contribution is 5.78. The van der Waals surface area contributed by atoms with Crippen LogP contribution in [0.25, 0.3) is 0 Å². The highest BCUT2D eigenvalue weighted by atomic mass is 16.1. The van der Waals surface area contributed by atoms with E-state index in [4.69, 9.17) is 0 Å². The minimum absolute atomic E-state index is 0.150. The van der Waals surface area contributed by atoms with E-state index in [1.165, 1.54) is 0 Å². The number of carbonyl (C=O) groups excluding carboxylic acids is 1. The Labute approximate surface area is 116 Å². The minimum Gasteiger partial charge on any atom is -0.352 e. The van der Waals surface area contributed by atoms with Crippen molar-refractivity contribution in [3.8, 4) is 0 Å². The van der Waals surface area contributed by atoms with Gasteiger partial charge in [0.25, 0.3) is 0 Å². The second-order valence-electron chi connectivity index (χ2n) is 5.24. The van der Waals surface area contributed by atoms with Crippen LogP contribution in [-0.2, 0) is 18.4 Å². The van der Waals surface area contributed by atoms with Crippen molar-refractivity contribution >= 4 is 5.91 Å². The van der Waals surface area contributed by atoms with Gasteiger partial charge in [-0.15, -0.1) is 0 Å². The highest BCUT2D eigenvalue weighted by Crippen LogP contribution is 2.15. The largest absolute Gasteiger partial charge is 0.352 e. The van der Waals surface area contributed by atoms with Crippen LogP contribution in [0.5, 0.6) is 0 Å². The van der Waals surface area contributed by atoms with E-state index in [-0.39, 0.29) is 11.8 Å². The third kappa shape index (κ3) is 4.08. The number of rotatable bonds is 7. The molecule has 0 spiro atoms. The Kier molecular flexibility index (Phi) is 6.06. The molecule has 0 aromatic carbocycles. The number of aromatic nitrogens is 2. The van der Waals surface area contributed by atoms with Crippen molar-refractivity contribution < 1.29 is 4.79 Å². The lowest BCUT2D eigenvalue weighted by atomic mass is 9.98. The summed E-state index contributed by atoms with van der Waals surface area (Å²) in [6, 6.07) is 0. The molecule has 0 saturated carbocycles. The molecule has 0 bridgehead atoms. The Bertz CT molecular complexity index is 423. The summed E-state index contributed by atoms with van der Waals surface area (Å²) in [6.45, 7) is 8.86. The van der Waals surface area contributed by atoms with Crippen LogP contribution in [0.15, 0.2) is 0 Å². The molecule has 1 amide bonds. The van der Waals surface area contributed by atoms with Crippen molar-refractivity contribution in [2.75, 3.05) is 0 Å². The molecular weight excluding hydrogens is 238 g/mol. The van der Waals surface area contributed by atoms with E-state index in [0.717, 1.165) is 42.6 Å². The molecule has 4 nitrogen and oxygen atoms in total. The van der Waals surface area contributed by atoms with Crippen LogP contribution in [-0.4, -0.2) is 15.7 Å². The fourth-order valence-corrected chi connectivity index (χ4v) is 2.36. The number of aryl methyl sites for hydroxylation is 2. The Balaban J connectivity index is 2.57. The van der Waals surface area contributed by atoms with Crippen molar-refractivity contribution in [3.63, 3.8) is 0 Å². The zero-order valence-corrected chi connectivity index (χ0v) is 12.9. The van der Waals surface area contributed by atoms with Crippen molar-refractivity contribution in [2.45, 2.75) is 59.9 Å². The smallest absolute Gasteiger partial charge is 0.223 e. The fourth-order valence-electron chi connectivity index (χ4n) is 2.36. The van der Waals surface area contributed by atoms with E-state index in [0.29, 0.717) is 6.54 Å². The molecule has 0 unspecified atom stereocenters. The van der Waals surface area contributed by atoms with Crippen LogP contribution in [0.2, 0.25) is 0 Å². The van der Waals surface area contributed by atoms with Gasteiger partial charge in [-0.05, 0) is 26.7 Å². The molecule has 0 aliphatic rings. The number of carbonyl (C=O) groups is 1. The molecule has 1 rings (SSSR count). The van der Waals surface area contributed by atoms with Crippen LogP contribution in [0.1, 0.15) is 56.5 Å². The second kappa shape index (κ2) is 7.31. The van der Waals surface area contributed by atoms with Gasteiger partial charge in [0.1, 0.15) is 0 Å². The predicted octanol–water partition coefficient (Wildman–Crippen LogP) is 2.87. The maximum Gasteiger partial charge on any atom is 0.223 e. The van der Waals surface area contributed by atoms with E-state index in [1.807, 2.05) is 25.6 Å². The van der Waals surface area contributed by atoms with E-state index in [1.54, 1.807) is 0 Å². The number of amides is 1. The summed E-state index contributed by atoms with van der Waals surface area (Å²) >= 11 is 0. The summed E-state index contributed by atoms with van der Waals surface area (Å²) in [4.78, 5) is 12.1. The molecule has 1 N–H and O–H groups in total. The zero-order chi connectivity index (χ0) is 14.4. The van der Waals surface area contributed by atoms with Crippen LogP contribution < -0.4 is 5.32 Å². The van der Waals surface area contributed by atoms with Gasteiger partial charge in [0, 0.05) is 30.8 Å². The van der Waals surface area contributed by atoms with Gasteiger partial charge in [-0.2, -0.15) is 5.10 Å². The van der Waals surface area contributed by atoms with E-state index in [2.05, 4.69) is 24.3 Å². The average molecular weight is 265 g/mol. The van der Waals surface area contributed by atoms with Gasteiger partial charge in [-0.1, -0.05) is 26.7 Å². The van der Waals surface area contributed by atoms with Gasteiger partial charge in [0.2, 0.25) is 5.91 Å². The van der Waals surface area contributed by atoms with Crippen LogP contribution in [0.4, 0.5) is 0 Å². The van der Waals surface area contributed by atoms with Crippen LogP contribution in [0.3, 0.4) is 0 Å². The molecule has 1 aromatic rings. The first-order valence-electron chi connectivity index (χ1n) is 7.28. The van der Waals surface area contributed by atoms with Crippen LogP contribution >= 0.6 is 0 Å². The molecule has 0 aliphatic carbocycles. The molecule has 1 aromatic heterocycles. The SMILES string of the molecule is CCCC[C@H](CC)C(=O)NCc1c(C)nn(C)c1C. The summed E-state index contributed by atoms with van der Waals surface area (Å²) in [6.07, 6.45) is 4.17. The molecule has 0 fully saturated rings. The van der Waals surface area contributed by atoms with Crippen molar-refractivity contribution in [2.24, 2.45) is 13.0 Å². The normalized spacial score (nSPS) is 12.5. The van der Waals surface area contributed by atoms with E-state index in [9.17, 15) is 4.79 Å². The van der Waals surface area contributed by atoms with Crippen molar-refractivity contribution in [3.05, 3.63) is 17.0 Å². The molecule has 0 saturated heterocycles.